The molecule has 3 heterocycles. The van der Waals surface area contributed by atoms with E-state index in [0.29, 0.717) is 42.8 Å². The fourth-order valence-corrected chi connectivity index (χ4v) is 4.28. The van der Waals surface area contributed by atoms with Gasteiger partial charge in [-0.15, -0.1) is 0 Å². The van der Waals surface area contributed by atoms with E-state index in [1.807, 2.05) is 24.3 Å². The number of carbonyl (C=O) groups excluding carboxylic acids is 2. The Labute approximate surface area is 205 Å². The first-order valence-corrected chi connectivity index (χ1v) is 11.6. The van der Waals surface area contributed by atoms with E-state index in [9.17, 15) is 19.2 Å². The number of aromatic nitrogens is 4. The molecule has 4 aromatic rings. The average Bonchev–Trinajstić information content (AvgIpc) is 3.31. The van der Waals surface area contributed by atoms with Gasteiger partial charge in [0, 0.05) is 50.2 Å². The SMILES string of the molecule is O=C(NCc1cccc(N2CCN(C(=O)Cc3cc(=O)[nH][nH]3)CC2)c1)c1nc2ccccc2c(=O)[nH]1. The summed E-state index contributed by atoms with van der Waals surface area (Å²) < 4.78 is 0. The van der Waals surface area contributed by atoms with Crippen LogP contribution in [-0.4, -0.2) is 63.1 Å². The Hall–Kier alpha value is -4.67. The van der Waals surface area contributed by atoms with Crippen molar-refractivity contribution in [2.24, 2.45) is 0 Å². The lowest BCUT2D eigenvalue weighted by Gasteiger charge is -2.36. The normalized spacial score (nSPS) is 13.7. The van der Waals surface area contributed by atoms with Crippen molar-refractivity contribution in [2.75, 3.05) is 31.1 Å². The monoisotopic (exact) mass is 487 g/mol. The van der Waals surface area contributed by atoms with Crippen molar-refractivity contribution in [2.45, 2.75) is 13.0 Å². The number of hydrogen-bond donors (Lipinski definition) is 4. The first-order chi connectivity index (χ1) is 17.5. The standard InChI is InChI=1S/C25H25N7O4/c33-21-13-17(29-30-21)14-22(34)32-10-8-31(9-11-32)18-5-3-4-16(12-18)15-26-25(36)23-27-20-7-2-1-6-19(20)24(35)28-23/h1-7,12-13H,8-11,14-15H2,(H,26,36)(H,27,28,35)(H2,29,30,33). The van der Waals surface area contributed by atoms with Gasteiger partial charge in [0.05, 0.1) is 17.3 Å². The molecule has 11 nitrogen and oxygen atoms in total. The highest BCUT2D eigenvalue weighted by Crippen LogP contribution is 2.19. The average molecular weight is 488 g/mol. The van der Waals surface area contributed by atoms with Gasteiger partial charge < -0.3 is 25.2 Å². The molecule has 2 amide bonds. The molecule has 1 fully saturated rings. The van der Waals surface area contributed by atoms with Gasteiger partial charge in [-0.3, -0.25) is 24.3 Å². The zero-order valence-corrected chi connectivity index (χ0v) is 19.4. The van der Waals surface area contributed by atoms with Crippen molar-refractivity contribution >= 4 is 28.4 Å². The molecule has 11 heteroatoms. The molecular formula is C25H25N7O4. The summed E-state index contributed by atoms with van der Waals surface area (Å²) in [6.07, 6.45) is 0.158. The lowest BCUT2D eigenvalue weighted by Crippen LogP contribution is -2.49. The minimum absolute atomic E-state index is 0.0262. The Bertz CT molecular complexity index is 1530. The summed E-state index contributed by atoms with van der Waals surface area (Å²) in [5.74, 6) is -0.514. The molecule has 0 unspecified atom stereocenters. The summed E-state index contributed by atoms with van der Waals surface area (Å²) in [4.78, 5) is 59.4. The minimum Gasteiger partial charge on any atom is -0.368 e. The third-order valence-corrected chi connectivity index (χ3v) is 6.18. The van der Waals surface area contributed by atoms with Gasteiger partial charge in [0.25, 0.3) is 17.0 Å². The van der Waals surface area contributed by atoms with Gasteiger partial charge in [-0.2, -0.15) is 0 Å². The van der Waals surface area contributed by atoms with Gasteiger partial charge in [-0.25, -0.2) is 4.98 Å². The molecule has 0 atom stereocenters. The van der Waals surface area contributed by atoms with Gasteiger partial charge >= 0.3 is 0 Å². The van der Waals surface area contributed by atoms with Gasteiger partial charge in [-0.05, 0) is 29.8 Å². The number of para-hydroxylation sites is 1. The zero-order valence-electron chi connectivity index (χ0n) is 19.4. The second kappa shape index (κ2) is 9.90. The second-order valence-corrected chi connectivity index (χ2v) is 8.61. The maximum absolute atomic E-state index is 12.6. The Balaban J connectivity index is 1.17. The van der Waals surface area contributed by atoms with E-state index in [0.717, 1.165) is 11.3 Å². The number of anilines is 1. The van der Waals surface area contributed by atoms with Crippen LogP contribution in [-0.2, 0) is 17.8 Å². The molecule has 1 saturated heterocycles. The highest BCUT2D eigenvalue weighted by molar-refractivity contribution is 5.92. The molecule has 0 spiro atoms. The van der Waals surface area contributed by atoms with E-state index >= 15 is 0 Å². The highest BCUT2D eigenvalue weighted by atomic mass is 16.2. The number of H-pyrrole nitrogens is 3. The Morgan fingerprint density at radius 1 is 0.944 bits per heavy atom. The van der Waals surface area contributed by atoms with E-state index in [-0.39, 0.29) is 35.8 Å². The molecule has 2 aromatic carbocycles. The van der Waals surface area contributed by atoms with Crippen molar-refractivity contribution in [3.05, 3.63) is 92.4 Å². The number of nitrogens with one attached hydrogen (secondary N) is 4. The summed E-state index contributed by atoms with van der Waals surface area (Å²) >= 11 is 0. The smallest absolute Gasteiger partial charge is 0.287 e. The van der Waals surface area contributed by atoms with Crippen LogP contribution in [0.25, 0.3) is 10.9 Å². The van der Waals surface area contributed by atoms with Crippen LogP contribution in [0.5, 0.6) is 0 Å². The summed E-state index contributed by atoms with van der Waals surface area (Å²) in [5, 5.41) is 8.40. The van der Waals surface area contributed by atoms with Gasteiger partial charge in [0.2, 0.25) is 5.91 Å². The molecule has 4 N–H and O–H groups in total. The van der Waals surface area contributed by atoms with E-state index < -0.39 is 5.91 Å². The molecule has 0 saturated carbocycles. The molecular weight excluding hydrogens is 462 g/mol. The van der Waals surface area contributed by atoms with Gasteiger partial charge in [-0.1, -0.05) is 24.3 Å². The van der Waals surface area contributed by atoms with E-state index in [2.05, 4.69) is 30.4 Å². The fraction of sp³-hybridized carbons (Fsp3) is 0.240. The summed E-state index contributed by atoms with van der Waals surface area (Å²) in [6, 6.07) is 16.1. The number of fused-ring (bicyclic) bond motifs is 1. The Morgan fingerprint density at radius 2 is 1.75 bits per heavy atom. The van der Waals surface area contributed by atoms with Crippen LogP contribution in [0.15, 0.2) is 64.2 Å². The van der Waals surface area contributed by atoms with E-state index in [4.69, 9.17) is 0 Å². The van der Waals surface area contributed by atoms with Crippen molar-refractivity contribution in [1.29, 1.82) is 0 Å². The van der Waals surface area contributed by atoms with Crippen LogP contribution in [0.1, 0.15) is 21.9 Å². The topological polar surface area (TPSA) is 147 Å². The minimum atomic E-state index is -0.459. The summed E-state index contributed by atoms with van der Waals surface area (Å²) in [6.45, 7) is 2.78. The molecule has 5 rings (SSSR count). The highest BCUT2D eigenvalue weighted by Gasteiger charge is 2.22. The van der Waals surface area contributed by atoms with Crippen molar-refractivity contribution < 1.29 is 9.59 Å². The second-order valence-electron chi connectivity index (χ2n) is 8.61. The molecule has 184 valence electrons. The molecule has 2 aromatic heterocycles. The van der Waals surface area contributed by atoms with Crippen LogP contribution >= 0.6 is 0 Å². The largest absolute Gasteiger partial charge is 0.368 e. The third-order valence-electron chi connectivity index (χ3n) is 6.18. The summed E-state index contributed by atoms with van der Waals surface area (Å²) in [5.41, 5.74) is 2.34. The maximum Gasteiger partial charge on any atom is 0.287 e. The van der Waals surface area contributed by atoms with Gasteiger partial charge in [0.1, 0.15) is 0 Å². The number of benzene rings is 2. The van der Waals surface area contributed by atoms with E-state index in [1.165, 1.54) is 6.07 Å². The molecule has 0 aliphatic carbocycles. The van der Waals surface area contributed by atoms with Crippen LogP contribution in [0.4, 0.5) is 5.69 Å². The number of hydrogen-bond acceptors (Lipinski definition) is 6. The lowest BCUT2D eigenvalue weighted by atomic mass is 10.1. The zero-order chi connectivity index (χ0) is 25.1. The Morgan fingerprint density at radius 3 is 2.53 bits per heavy atom. The van der Waals surface area contributed by atoms with Crippen molar-refractivity contribution in [3.63, 3.8) is 0 Å². The predicted octanol–water partition coefficient (Wildman–Crippen LogP) is 0.761. The number of aromatic amines is 3. The van der Waals surface area contributed by atoms with Crippen LogP contribution in [0.2, 0.25) is 0 Å². The molecule has 0 radical (unpaired) electrons. The number of amides is 2. The number of piperazine rings is 1. The van der Waals surface area contributed by atoms with Crippen LogP contribution < -0.4 is 21.3 Å². The number of rotatable bonds is 6. The predicted molar refractivity (Wildman–Crippen MR) is 134 cm³/mol. The van der Waals surface area contributed by atoms with Crippen LogP contribution in [0, 0.1) is 0 Å². The quantitative estimate of drug-likeness (QED) is 0.316. The van der Waals surface area contributed by atoms with Crippen molar-refractivity contribution in [3.8, 4) is 0 Å². The third kappa shape index (κ3) is 5.04. The number of nitrogens with zero attached hydrogens (tertiary/aromatic N) is 3. The molecule has 1 aliphatic rings. The van der Waals surface area contributed by atoms with Crippen molar-refractivity contribution in [1.82, 2.24) is 30.4 Å². The number of carbonyl (C=O) groups is 2. The Kier molecular flexibility index (Phi) is 6.35. The lowest BCUT2D eigenvalue weighted by molar-refractivity contribution is -0.130. The van der Waals surface area contributed by atoms with Gasteiger partial charge in [0.15, 0.2) is 5.82 Å². The van der Waals surface area contributed by atoms with Crippen LogP contribution in [0.3, 0.4) is 0 Å². The molecule has 1 aliphatic heterocycles. The molecule has 0 bridgehead atoms. The van der Waals surface area contributed by atoms with E-state index in [1.54, 1.807) is 29.2 Å². The maximum atomic E-state index is 12.6. The first-order valence-electron chi connectivity index (χ1n) is 11.6. The first kappa shape index (κ1) is 23.1. The molecule has 36 heavy (non-hydrogen) atoms. The fourth-order valence-electron chi connectivity index (χ4n) is 4.28. The summed E-state index contributed by atoms with van der Waals surface area (Å²) in [7, 11) is 0.